The number of hydrogen-bond donors (Lipinski definition) is 0. The van der Waals surface area contributed by atoms with Crippen LogP contribution in [0.25, 0.3) is 11.2 Å². The molecule has 0 bridgehead atoms. The summed E-state index contributed by atoms with van der Waals surface area (Å²) in [5.74, 6) is 0.436. The van der Waals surface area contributed by atoms with Gasteiger partial charge in [-0.25, -0.2) is 15.0 Å². The first-order valence-corrected chi connectivity index (χ1v) is 8.42. The average molecular weight is 329 g/mol. The zero-order valence-electron chi connectivity index (χ0n) is 13.4. The first-order chi connectivity index (χ1) is 11.0. The minimum absolute atomic E-state index is 0.0780. The van der Waals surface area contributed by atoms with Gasteiger partial charge < -0.3 is 9.47 Å². The molecule has 6 nitrogen and oxygen atoms in total. The lowest BCUT2D eigenvalue weighted by molar-refractivity contribution is 0.0783. The van der Waals surface area contributed by atoms with E-state index in [0.29, 0.717) is 18.0 Å². The van der Waals surface area contributed by atoms with Gasteiger partial charge in [-0.2, -0.15) is 0 Å². The molecule has 120 valence electrons. The Balaban J connectivity index is 1.81. The molecule has 23 heavy (non-hydrogen) atoms. The fourth-order valence-corrected chi connectivity index (χ4v) is 2.99. The third kappa shape index (κ3) is 3.39. The molecule has 0 aromatic carbocycles. The summed E-state index contributed by atoms with van der Waals surface area (Å²) in [5, 5.41) is 1.94. The lowest BCUT2D eigenvalue weighted by atomic mass is 10.2. The van der Waals surface area contributed by atoms with Crippen LogP contribution in [-0.2, 0) is 13.1 Å². The van der Waals surface area contributed by atoms with Crippen molar-refractivity contribution in [3.8, 4) is 0 Å². The number of aromatic nitrogens is 4. The largest absolute Gasteiger partial charge is 0.336 e. The van der Waals surface area contributed by atoms with Gasteiger partial charge >= 0.3 is 0 Å². The molecule has 0 aliphatic rings. The fraction of sp³-hybridized carbons (Fsp3) is 0.375. The molecule has 0 N–H and O–H groups in total. The van der Waals surface area contributed by atoms with Gasteiger partial charge in [0, 0.05) is 25.2 Å². The van der Waals surface area contributed by atoms with E-state index in [0.717, 1.165) is 23.4 Å². The third-order valence-electron chi connectivity index (χ3n) is 3.49. The molecule has 0 saturated carbocycles. The van der Waals surface area contributed by atoms with Crippen molar-refractivity contribution in [2.24, 2.45) is 5.92 Å². The summed E-state index contributed by atoms with van der Waals surface area (Å²) in [5.41, 5.74) is 4.77. The Morgan fingerprint density at radius 1 is 1.35 bits per heavy atom. The molecule has 0 fully saturated rings. The van der Waals surface area contributed by atoms with Crippen molar-refractivity contribution in [3.63, 3.8) is 0 Å². The highest BCUT2D eigenvalue weighted by molar-refractivity contribution is 7.07. The topological polar surface area (TPSA) is 63.9 Å². The van der Waals surface area contributed by atoms with Crippen LogP contribution >= 0.6 is 11.3 Å². The molecule has 3 heterocycles. The molecule has 0 atom stereocenters. The highest BCUT2D eigenvalue weighted by Gasteiger charge is 2.15. The van der Waals surface area contributed by atoms with Crippen molar-refractivity contribution in [1.82, 2.24) is 24.4 Å². The van der Waals surface area contributed by atoms with E-state index < -0.39 is 0 Å². The predicted octanol–water partition coefficient (Wildman–Crippen LogP) is 2.82. The van der Waals surface area contributed by atoms with Gasteiger partial charge in [0.05, 0.1) is 29.6 Å². The quantitative estimate of drug-likeness (QED) is 0.722. The Hall–Kier alpha value is -2.28. The van der Waals surface area contributed by atoms with E-state index in [1.54, 1.807) is 36.0 Å². The van der Waals surface area contributed by atoms with Gasteiger partial charge in [-0.15, -0.1) is 11.3 Å². The average Bonchev–Trinajstić information content (AvgIpc) is 3.16. The van der Waals surface area contributed by atoms with Crippen LogP contribution in [0, 0.1) is 5.92 Å². The zero-order chi connectivity index (χ0) is 16.4. The highest BCUT2D eigenvalue weighted by Crippen LogP contribution is 2.15. The van der Waals surface area contributed by atoms with Gasteiger partial charge in [0.15, 0.2) is 5.65 Å². The van der Waals surface area contributed by atoms with Crippen molar-refractivity contribution < 1.29 is 4.79 Å². The lowest BCUT2D eigenvalue weighted by Crippen LogP contribution is -2.26. The molecule has 0 aliphatic heterocycles. The van der Waals surface area contributed by atoms with E-state index >= 15 is 0 Å². The number of nitrogens with zero attached hydrogens (tertiary/aromatic N) is 5. The molecule has 7 heteroatoms. The number of carbonyl (C=O) groups excluding carboxylic acids is 1. The Bertz CT molecular complexity index is 809. The Morgan fingerprint density at radius 3 is 2.87 bits per heavy atom. The van der Waals surface area contributed by atoms with Crippen LogP contribution in [0.2, 0.25) is 0 Å². The first kappa shape index (κ1) is 15.6. The Labute approximate surface area is 138 Å². The van der Waals surface area contributed by atoms with Gasteiger partial charge in [-0.3, -0.25) is 4.79 Å². The molecule has 0 radical (unpaired) electrons. The molecule has 0 aliphatic carbocycles. The second-order valence-corrected chi connectivity index (χ2v) is 6.72. The summed E-state index contributed by atoms with van der Waals surface area (Å²) in [4.78, 5) is 27.2. The number of pyridine rings is 1. The summed E-state index contributed by atoms with van der Waals surface area (Å²) in [6.45, 7) is 5.65. The maximum atomic E-state index is 12.5. The monoisotopic (exact) mass is 329 g/mol. The SMILES string of the molecule is CC(C)Cn1cnc2cc(C(=O)N(C)Cc3cscn3)cnc21. The van der Waals surface area contributed by atoms with Gasteiger partial charge in [0.25, 0.3) is 5.91 Å². The standard InChI is InChI=1S/C16H19N5OS/c1-11(2)6-21-9-18-14-4-12(5-17-15(14)21)16(22)20(3)7-13-8-23-10-19-13/h4-5,8-11H,6-7H2,1-3H3. The molecule has 0 spiro atoms. The van der Waals surface area contributed by atoms with E-state index in [-0.39, 0.29) is 5.91 Å². The van der Waals surface area contributed by atoms with Crippen LogP contribution in [0.4, 0.5) is 0 Å². The van der Waals surface area contributed by atoms with Crippen LogP contribution < -0.4 is 0 Å². The van der Waals surface area contributed by atoms with E-state index in [4.69, 9.17) is 0 Å². The van der Waals surface area contributed by atoms with Gasteiger partial charge in [-0.05, 0) is 12.0 Å². The Kier molecular flexibility index (Phi) is 4.38. The van der Waals surface area contributed by atoms with E-state index in [1.807, 2.05) is 9.95 Å². The first-order valence-electron chi connectivity index (χ1n) is 7.48. The van der Waals surface area contributed by atoms with Crippen molar-refractivity contribution >= 4 is 28.4 Å². The van der Waals surface area contributed by atoms with Gasteiger partial charge in [0.1, 0.15) is 5.52 Å². The van der Waals surface area contributed by atoms with Crippen LogP contribution in [-0.4, -0.2) is 37.4 Å². The molecule has 0 unspecified atom stereocenters. The van der Waals surface area contributed by atoms with Crippen molar-refractivity contribution in [2.75, 3.05) is 7.05 Å². The summed E-state index contributed by atoms with van der Waals surface area (Å²) in [7, 11) is 1.77. The number of rotatable bonds is 5. The number of thiazole rings is 1. The van der Waals surface area contributed by atoms with Crippen LogP contribution in [0.5, 0.6) is 0 Å². The third-order valence-corrected chi connectivity index (χ3v) is 4.13. The number of hydrogen-bond acceptors (Lipinski definition) is 5. The molecular weight excluding hydrogens is 310 g/mol. The minimum Gasteiger partial charge on any atom is -0.336 e. The fourth-order valence-electron chi connectivity index (χ4n) is 2.44. The number of fused-ring (bicyclic) bond motifs is 1. The van der Waals surface area contributed by atoms with Crippen molar-refractivity contribution in [3.05, 3.63) is 40.7 Å². The zero-order valence-corrected chi connectivity index (χ0v) is 14.2. The van der Waals surface area contributed by atoms with E-state index in [9.17, 15) is 4.79 Å². The van der Waals surface area contributed by atoms with Crippen molar-refractivity contribution in [1.29, 1.82) is 0 Å². The number of carbonyl (C=O) groups is 1. The highest BCUT2D eigenvalue weighted by atomic mass is 32.1. The maximum absolute atomic E-state index is 12.5. The Morgan fingerprint density at radius 2 is 2.17 bits per heavy atom. The maximum Gasteiger partial charge on any atom is 0.255 e. The molecular formula is C16H19N5OS. The summed E-state index contributed by atoms with van der Waals surface area (Å²) < 4.78 is 2.02. The summed E-state index contributed by atoms with van der Waals surface area (Å²) in [6.07, 6.45) is 3.41. The molecule has 3 rings (SSSR count). The minimum atomic E-state index is -0.0780. The number of amides is 1. The van der Waals surface area contributed by atoms with E-state index in [1.165, 1.54) is 11.3 Å². The van der Waals surface area contributed by atoms with Crippen LogP contribution in [0.3, 0.4) is 0 Å². The smallest absolute Gasteiger partial charge is 0.255 e. The number of imidazole rings is 1. The van der Waals surface area contributed by atoms with E-state index in [2.05, 4.69) is 28.8 Å². The lowest BCUT2D eigenvalue weighted by Gasteiger charge is -2.15. The van der Waals surface area contributed by atoms with Gasteiger partial charge in [-0.1, -0.05) is 13.8 Å². The molecule has 0 saturated heterocycles. The summed E-state index contributed by atoms with van der Waals surface area (Å²) >= 11 is 1.52. The second kappa shape index (κ2) is 6.45. The summed E-state index contributed by atoms with van der Waals surface area (Å²) in [6, 6.07) is 1.80. The molecule has 3 aromatic rings. The second-order valence-electron chi connectivity index (χ2n) is 6.00. The predicted molar refractivity (Wildman–Crippen MR) is 90.3 cm³/mol. The van der Waals surface area contributed by atoms with Crippen LogP contribution in [0.15, 0.2) is 29.5 Å². The van der Waals surface area contributed by atoms with Crippen LogP contribution in [0.1, 0.15) is 29.9 Å². The normalized spacial score (nSPS) is 11.3. The molecule has 3 aromatic heterocycles. The van der Waals surface area contributed by atoms with Gasteiger partial charge in [0.2, 0.25) is 0 Å². The van der Waals surface area contributed by atoms with Crippen molar-refractivity contribution in [2.45, 2.75) is 26.9 Å². The molecule has 1 amide bonds.